The highest BCUT2D eigenvalue weighted by molar-refractivity contribution is 8.18. The first kappa shape index (κ1) is 26.7. The molecule has 7 nitrogen and oxygen atoms in total. The number of H-pyrrole nitrogens is 1. The number of hydrogen-bond acceptors (Lipinski definition) is 6. The van der Waals surface area contributed by atoms with E-state index in [1.807, 2.05) is 77.9 Å². The van der Waals surface area contributed by atoms with Gasteiger partial charge in [0, 0.05) is 28.2 Å². The SMILES string of the molecule is CC(C)(C)c1cc(C=C2SC(=O)N(C(=O)[C@@H](N)Cc3c[nH]c4ccccc34)C2=O)cc(C(C)(C)C)c1O. The van der Waals surface area contributed by atoms with Gasteiger partial charge in [-0.15, -0.1) is 0 Å². The monoisotopic (exact) mass is 519 g/mol. The molecule has 1 fully saturated rings. The van der Waals surface area contributed by atoms with Gasteiger partial charge < -0.3 is 15.8 Å². The summed E-state index contributed by atoms with van der Waals surface area (Å²) in [5.41, 5.74) is 9.40. The number of phenolic OH excluding ortho intramolecular Hbond substituents is 1. The maximum Gasteiger partial charge on any atom is 0.300 e. The Kier molecular flexibility index (Phi) is 6.86. The second-order valence-corrected chi connectivity index (χ2v) is 12.5. The number of aromatic hydroxyl groups is 1. The number of carbonyl (C=O) groups excluding carboxylic acids is 3. The molecule has 4 rings (SSSR count). The summed E-state index contributed by atoms with van der Waals surface area (Å²) in [4.78, 5) is 43.0. The number of nitrogens with two attached hydrogens (primary N) is 1. The molecule has 1 aromatic heterocycles. The molecule has 0 radical (unpaired) electrons. The maximum absolute atomic E-state index is 13.2. The standard InChI is InChI=1S/C29H33N3O4S/c1-28(2,3)19-11-16(12-20(24(19)33)29(4,5)6)13-23-26(35)32(27(36)37-23)25(34)21(30)14-17-15-31-22-10-8-7-9-18(17)22/h7-13,15,21,31,33H,14,30H2,1-6H3/t21-/m0/s1. The van der Waals surface area contributed by atoms with Crippen molar-refractivity contribution in [1.29, 1.82) is 0 Å². The van der Waals surface area contributed by atoms with Gasteiger partial charge in [-0.25, -0.2) is 4.90 Å². The number of carbonyl (C=O) groups is 3. The van der Waals surface area contributed by atoms with E-state index in [2.05, 4.69) is 4.98 Å². The average Bonchev–Trinajstić information content (AvgIpc) is 3.32. The van der Waals surface area contributed by atoms with Gasteiger partial charge in [-0.05, 0) is 64.4 Å². The summed E-state index contributed by atoms with van der Waals surface area (Å²) in [7, 11) is 0. The van der Waals surface area contributed by atoms with Crippen LogP contribution >= 0.6 is 11.8 Å². The van der Waals surface area contributed by atoms with Crippen molar-refractivity contribution in [3.05, 3.63) is 69.8 Å². The molecule has 4 N–H and O–H groups in total. The fraction of sp³-hybridized carbons (Fsp3) is 0.345. The number of aromatic amines is 1. The Balaban J connectivity index is 1.62. The number of phenols is 1. The van der Waals surface area contributed by atoms with Gasteiger partial charge in [0.05, 0.1) is 10.9 Å². The Morgan fingerprint density at radius 3 is 2.27 bits per heavy atom. The van der Waals surface area contributed by atoms with Crippen LogP contribution in [0.2, 0.25) is 0 Å². The quantitative estimate of drug-likeness (QED) is 0.386. The first-order chi connectivity index (χ1) is 17.2. The van der Waals surface area contributed by atoms with Gasteiger partial charge >= 0.3 is 0 Å². The Morgan fingerprint density at radius 1 is 1.08 bits per heavy atom. The molecule has 1 saturated heterocycles. The molecule has 0 unspecified atom stereocenters. The number of nitrogens with one attached hydrogen (secondary N) is 1. The molecule has 1 atom stereocenters. The molecule has 2 aromatic carbocycles. The summed E-state index contributed by atoms with van der Waals surface area (Å²) in [5.74, 6) is -1.19. The van der Waals surface area contributed by atoms with Crippen LogP contribution in [0, 0.1) is 0 Å². The van der Waals surface area contributed by atoms with Crippen LogP contribution in [0.15, 0.2) is 47.5 Å². The molecule has 3 aromatic rings. The van der Waals surface area contributed by atoms with E-state index in [0.717, 1.165) is 39.4 Å². The molecule has 3 amide bonds. The highest BCUT2D eigenvalue weighted by Gasteiger charge is 2.41. The summed E-state index contributed by atoms with van der Waals surface area (Å²) in [6.45, 7) is 12.0. The number of rotatable bonds is 4. The lowest BCUT2D eigenvalue weighted by atomic mass is 9.78. The zero-order valence-electron chi connectivity index (χ0n) is 22.0. The molecule has 0 saturated carbocycles. The molecule has 1 aliphatic rings. The minimum Gasteiger partial charge on any atom is -0.507 e. The van der Waals surface area contributed by atoms with Crippen molar-refractivity contribution in [2.24, 2.45) is 5.73 Å². The number of amides is 3. The minimum absolute atomic E-state index is 0.142. The van der Waals surface area contributed by atoms with E-state index in [9.17, 15) is 19.5 Å². The van der Waals surface area contributed by atoms with E-state index in [4.69, 9.17) is 5.73 Å². The van der Waals surface area contributed by atoms with Crippen molar-refractivity contribution in [3.8, 4) is 5.75 Å². The number of imide groups is 3. The summed E-state index contributed by atoms with van der Waals surface area (Å²) >= 11 is 0.717. The maximum atomic E-state index is 13.2. The van der Waals surface area contributed by atoms with Gasteiger partial charge in [0.1, 0.15) is 5.75 Å². The Labute approximate surface area is 221 Å². The molecule has 0 aliphatic carbocycles. The predicted octanol–water partition coefficient (Wildman–Crippen LogP) is 5.60. The number of benzene rings is 2. The molecule has 0 spiro atoms. The molecule has 1 aliphatic heterocycles. The van der Waals surface area contributed by atoms with Gasteiger partial charge in [0.25, 0.3) is 17.1 Å². The fourth-order valence-corrected chi connectivity index (χ4v) is 5.31. The van der Waals surface area contributed by atoms with Crippen LogP contribution in [-0.4, -0.2) is 38.1 Å². The van der Waals surface area contributed by atoms with Crippen molar-refractivity contribution in [3.63, 3.8) is 0 Å². The highest BCUT2D eigenvalue weighted by Crippen LogP contribution is 2.41. The number of fused-ring (bicyclic) bond motifs is 1. The Hall–Kier alpha value is -3.36. The van der Waals surface area contributed by atoms with E-state index in [1.165, 1.54) is 0 Å². The van der Waals surface area contributed by atoms with Crippen molar-refractivity contribution in [2.45, 2.75) is 64.8 Å². The van der Waals surface area contributed by atoms with Crippen LogP contribution in [0.4, 0.5) is 4.79 Å². The lowest BCUT2D eigenvalue weighted by Crippen LogP contribution is -2.46. The second-order valence-electron chi connectivity index (χ2n) is 11.5. The molecule has 0 bridgehead atoms. The number of thioether (sulfide) groups is 1. The van der Waals surface area contributed by atoms with E-state index < -0.39 is 23.1 Å². The van der Waals surface area contributed by atoms with Gasteiger partial charge in [0.2, 0.25) is 0 Å². The lowest BCUT2D eigenvalue weighted by molar-refractivity contribution is -0.138. The van der Waals surface area contributed by atoms with Crippen molar-refractivity contribution in [2.75, 3.05) is 0 Å². The third-order valence-corrected chi connectivity index (χ3v) is 7.36. The Bertz CT molecular complexity index is 1400. The van der Waals surface area contributed by atoms with Gasteiger partial charge in [0.15, 0.2) is 0 Å². The first-order valence-corrected chi connectivity index (χ1v) is 13.0. The fourth-order valence-electron chi connectivity index (χ4n) is 4.48. The summed E-state index contributed by atoms with van der Waals surface area (Å²) in [6.07, 6.45) is 3.58. The average molecular weight is 520 g/mol. The van der Waals surface area contributed by atoms with Crippen molar-refractivity contribution in [1.82, 2.24) is 9.88 Å². The molecule has 2 heterocycles. The highest BCUT2D eigenvalue weighted by atomic mass is 32.2. The van der Waals surface area contributed by atoms with Gasteiger partial charge in [-0.1, -0.05) is 59.7 Å². The lowest BCUT2D eigenvalue weighted by Gasteiger charge is -2.28. The number of hydrogen-bond donors (Lipinski definition) is 3. The van der Waals surface area contributed by atoms with Crippen molar-refractivity contribution >= 4 is 45.8 Å². The normalized spacial score (nSPS) is 16.7. The third-order valence-electron chi connectivity index (χ3n) is 6.49. The van der Waals surface area contributed by atoms with E-state index >= 15 is 0 Å². The molecule has 37 heavy (non-hydrogen) atoms. The zero-order valence-corrected chi connectivity index (χ0v) is 22.8. The predicted molar refractivity (Wildman–Crippen MR) is 148 cm³/mol. The summed E-state index contributed by atoms with van der Waals surface area (Å²) < 4.78 is 0. The van der Waals surface area contributed by atoms with Gasteiger partial charge in [-0.3, -0.25) is 14.4 Å². The smallest absolute Gasteiger partial charge is 0.300 e. The molecular formula is C29H33N3O4S. The minimum atomic E-state index is -1.05. The third kappa shape index (κ3) is 5.22. The van der Waals surface area contributed by atoms with Crippen molar-refractivity contribution < 1.29 is 19.5 Å². The van der Waals surface area contributed by atoms with Crippen LogP contribution in [0.25, 0.3) is 17.0 Å². The van der Waals surface area contributed by atoms with Crippen LogP contribution in [0.1, 0.15) is 63.8 Å². The largest absolute Gasteiger partial charge is 0.507 e. The summed E-state index contributed by atoms with van der Waals surface area (Å²) in [5, 5.41) is 11.2. The number of para-hydroxylation sites is 1. The summed E-state index contributed by atoms with van der Waals surface area (Å²) in [6, 6.07) is 10.2. The number of aromatic nitrogens is 1. The molecule has 194 valence electrons. The van der Waals surface area contributed by atoms with Crippen LogP contribution in [0.3, 0.4) is 0 Å². The van der Waals surface area contributed by atoms with Gasteiger partial charge in [-0.2, -0.15) is 0 Å². The zero-order chi connectivity index (χ0) is 27.3. The van der Waals surface area contributed by atoms with Crippen LogP contribution in [-0.2, 0) is 26.8 Å². The van der Waals surface area contributed by atoms with Crippen LogP contribution < -0.4 is 5.73 Å². The first-order valence-electron chi connectivity index (χ1n) is 12.2. The van der Waals surface area contributed by atoms with E-state index in [0.29, 0.717) is 10.5 Å². The van der Waals surface area contributed by atoms with E-state index in [1.54, 1.807) is 12.3 Å². The topological polar surface area (TPSA) is 116 Å². The number of nitrogens with zero attached hydrogens (tertiary/aromatic N) is 1. The van der Waals surface area contributed by atoms with E-state index in [-0.39, 0.29) is 27.9 Å². The molecule has 8 heteroatoms. The molecular weight excluding hydrogens is 486 g/mol. The van der Waals surface area contributed by atoms with Crippen LogP contribution in [0.5, 0.6) is 5.75 Å². The second kappa shape index (κ2) is 9.50. The Morgan fingerprint density at radius 2 is 1.68 bits per heavy atom.